The van der Waals surface area contributed by atoms with Crippen molar-refractivity contribution in [1.82, 2.24) is 5.32 Å². The number of carboxylic acids is 1. The summed E-state index contributed by atoms with van der Waals surface area (Å²) in [6.45, 7) is 1.43. The summed E-state index contributed by atoms with van der Waals surface area (Å²) in [5, 5.41) is 12.0. The molecule has 0 aliphatic heterocycles. The van der Waals surface area contributed by atoms with Crippen molar-refractivity contribution >= 4 is 11.8 Å². The van der Waals surface area contributed by atoms with Crippen LogP contribution in [0.3, 0.4) is 0 Å². The van der Waals surface area contributed by atoms with E-state index in [9.17, 15) is 27.9 Å². The second-order valence-electron chi connectivity index (χ2n) is 5.58. The molecule has 2 atom stereocenters. The number of hydrogen-bond acceptors (Lipinski definition) is 3. The number of benzene rings is 2. The summed E-state index contributed by atoms with van der Waals surface area (Å²) in [7, 11) is 0. The van der Waals surface area contributed by atoms with E-state index in [1.165, 1.54) is 6.92 Å². The minimum absolute atomic E-state index is 0.153. The van der Waals surface area contributed by atoms with Gasteiger partial charge in [-0.1, -0.05) is 30.3 Å². The van der Waals surface area contributed by atoms with Crippen molar-refractivity contribution in [1.29, 1.82) is 0 Å². The number of Topliss-reactive ketones (excluding diaryl/α,β-unsaturated/α-hetero) is 1. The van der Waals surface area contributed by atoms with Gasteiger partial charge in [-0.2, -0.15) is 0 Å². The topological polar surface area (TPSA) is 66.4 Å². The first-order valence-corrected chi connectivity index (χ1v) is 7.50. The van der Waals surface area contributed by atoms with Crippen LogP contribution in [-0.2, 0) is 11.3 Å². The highest BCUT2D eigenvalue weighted by Gasteiger charge is 2.32. The van der Waals surface area contributed by atoms with E-state index in [2.05, 4.69) is 5.32 Å². The Kier molecular flexibility index (Phi) is 5.93. The average Bonchev–Trinajstić information content (AvgIpc) is 2.58. The van der Waals surface area contributed by atoms with Crippen molar-refractivity contribution in [2.45, 2.75) is 19.5 Å². The third-order valence-electron chi connectivity index (χ3n) is 3.82. The van der Waals surface area contributed by atoms with Gasteiger partial charge >= 0.3 is 5.97 Å². The molecule has 0 spiro atoms. The van der Waals surface area contributed by atoms with Gasteiger partial charge in [0.25, 0.3) is 0 Å². The van der Waals surface area contributed by atoms with Crippen molar-refractivity contribution in [3.05, 3.63) is 71.0 Å². The van der Waals surface area contributed by atoms with E-state index < -0.39 is 46.7 Å². The van der Waals surface area contributed by atoms with Crippen LogP contribution < -0.4 is 5.32 Å². The van der Waals surface area contributed by atoms with E-state index in [0.717, 1.165) is 5.56 Å². The molecule has 2 aromatic carbocycles. The van der Waals surface area contributed by atoms with Crippen LogP contribution in [0, 0.1) is 23.4 Å². The van der Waals surface area contributed by atoms with Crippen molar-refractivity contribution in [2.24, 2.45) is 5.92 Å². The number of halogens is 3. The number of carbonyl (C=O) groups is 2. The fraction of sp³-hybridized carbons (Fsp3) is 0.222. The highest BCUT2D eigenvalue weighted by atomic mass is 19.2. The van der Waals surface area contributed by atoms with Crippen LogP contribution >= 0.6 is 0 Å². The zero-order chi connectivity index (χ0) is 18.6. The van der Waals surface area contributed by atoms with Crippen LogP contribution in [-0.4, -0.2) is 22.9 Å². The number of hydrogen-bond donors (Lipinski definition) is 2. The Hall–Kier alpha value is -2.67. The smallest absolute Gasteiger partial charge is 0.308 e. The van der Waals surface area contributed by atoms with Gasteiger partial charge in [0, 0.05) is 12.6 Å². The molecule has 0 radical (unpaired) electrons. The van der Waals surface area contributed by atoms with Crippen molar-refractivity contribution in [3.8, 4) is 0 Å². The lowest BCUT2D eigenvalue weighted by atomic mass is 9.93. The number of carboxylic acid groups (broad SMARTS) is 1. The summed E-state index contributed by atoms with van der Waals surface area (Å²) >= 11 is 0. The Bertz CT molecular complexity index is 781. The summed E-state index contributed by atoms with van der Waals surface area (Å²) in [5.74, 6) is -7.48. The van der Waals surface area contributed by atoms with Crippen LogP contribution in [0.2, 0.25) is 0 Å². The van der Waals surface area contributed by atoms with Gasteiger partial charge in [0.1, 0.15) is 5.82 Å². The fourth-order valence-electron chi connectivity index (χ4n) is 2.34. The van der Waals surface area contributed by atoms with Crippen LogP contribution in [0.1, 0.15) is 22.8 Å². The lowest BCUT2D eigenvalue weighted by Gasteiger charge is -2.22. The normalized spacial score (nSPS) is 13.3. The highest BCUT2D eigenvalue weighted by Crippen LogP contribution is 2.19. The van der Waals surface area contributed by atoms with Crippen LogP contribution in [0.25, 0.3) is 0 Å². The van der Waals surface area contributed by atoms with Crippen LogP contribution in [0.15, 0.2) is 42.5 Å². The number of nitrogens with one attached hydrogen (secondary N) is 1. The Morgan fingerprint density at radius 3 is 2.24 bits per heavy atom. The van der Waals surface area contributed by atoms with Gasteiger partial charge in [0.2, 0.25) is 0 Å². The first-order valence-electron chi connectivity index (χ1n) is 7.50. The van der Waals surface area contributed by atoms with E-state index in [1.807, 2.05) is 0 Å². The fourth-order valence-corrected chi connectivity index (χ4v) is 2.34. The molecular weight excluding hydrogens is 335 g/mol. The zero-order valence-electron chi connectivity index (χ0n) is 13.3. The molecule has 4 nitrogen and oxygen atoms in total. The molecular formula is C18H16F3NO3. The molecule has 2 unspecified atom stereocenters. The van der Waals surface area contributed by atoms with E-state index >= 15 is 0 Å². The number of ketones is 1. The van der Waals surface area contributed by atoms with Gasteiger partial charge in [0.15, 0.2) is 17.4 Å². The predicted octanol–water partition coefficient (Wildman–Crippen LogP) is 3.17. The standard InChI is InChI=1S/C18H16F3NO3/c1-10(18(24)25)16(22-9-11-5-3-2-4-6-11)17(23)12-7-14(20)15(21)8-13(12)19/h2-8,10,16,22H,9H2,1H3,(H,24,25). The van der Waals surface area contributed by atoms with Gasteiger partial charge in [-0.05, 0) is 18.6 Å². The summed E-state index contributed by atoms with van der Waals surface area (Å²) in [6.07, 6.45) is 0. The van der Waals surface area contributed by atoms with Crippen LogP contribution in [0.4, 0.5) is 13.2 Å². The largest absolute Gasteiger partial charge is 0.481 e. The molecule has 0 amide bonds. The minimum Gasteiger partial charge on any atom is -0.481 e. The van der Waals surface area contributed by atoms with Gasteiger partial charge in [-0.3, -0.25) is 9.59 Å². The zero-order valence-corrected chi connectivity index (χ0v) is 13.3. The molecule has 0 aliphatic carbocycles. The third-order valence-corrected chi connectivity index (χ3v) is 3.82. The van der Waals surface area contributed by atoms with Crippen molar-refractivity contribution < 1.29 is 27.9 Å². The molecule has 2 rings (SSSR count). The monoisotopic (exact) mass is 351 g/mol. The predicted molar refractivity (Wildman–Crippen MR) is 84.5 cm³/mol. The van der Waals surface area contributed by atoms with E-state index in [1.54, 1.807) is 30.3 Å². The Labute approximate surface area is 142 Å². The molecule has 132 valence electrons. The molecule has 0 bridgehead atoms. The molecule has 0 aromatic heterocycles. The second kappa shape index (κ2) is 7.94. The van der Waals surface area contributed by atoms with E-state index in [0.29, 0.717) is 6.07 Å². The Morgan fingerprint density at radius 1 is 1.04 bits per heavy atom. The molecule has 25 heavy (non-hydrogen) atoms. The first-order chi connectivity index (χ1) is 11.8. The SMILES string of the molecule is CC(C(=O)O)C(NCc1ccccc1)C(=O)c1cc(F)c(F)cc1F. The van der Waals surface area contributed by atoms with Crippen molar-refractivity contribution in [3.63, 3.8) is 0 Å². The molecule has 0 aliphatic rings. The summed E-state index contributed by atoms with van der Waals surface area (Å²) in [4.78, 5) is 23.8. The maximum atomic E-state index is 13.9. The molecule has 0 fully saturated rings. The van der Waals surface area contributed by atoms with Gasteiger partial charge in [-0.25, -0.2) is 13.2 Å². The lowest BCUT2D eigenvalue weighted by Crippen LogP contribution is -2.44. The van der Waals surface area contributed by atoms with Gasteiger partial charge < -0.3 is 10.4 Å². The molecule has 7 heteroatoms. The van der Waals surface area contributed by atoms with Crippen molar-refractivity contribution in [2.75, 3.05) is 0 Å². The molecule has 0 heterocycles. The Morgan fingerprint density at radius 2 is 1.64 bits per heavy atom. The van der Waals surface area contributed by atoms with E-state index in [-0.39, 0.29) is 12.6 Å². The third kappa shape index (κ3) is 4.45. The minimum atomic E-state index is -1.42. The second-order valence-corrected chi connectivity index (χ2v) is 5.58. The number of rotatable bonds is 7. The average molecular weight is 351 g/mol. The van der Waals surface area contributed by atoms with Gasteiger partial charge in [-0.15, -0.1) is 0 Å². The summed E-state index contributed by atoms with van der Waals surface area (Å²) in [5.41, 5.74) is 0.0845. The lowest BCUT2D eigenvalue weighted by molar-refractivity contribution is -0.141. The van der Waals surface area contributed by atoms with Crippen LogP contribution in [0.5, 0.6) is 0 Å². The summed E-state index contributed by atoms with van der Waals surface area (Å²) in [6, 6.07) is 8.25. The Balaban J connectivity index is 2.30. The molecule has 0 saturated heterocycles. The number of aliphatic carboxylic acids is 1. The van der Waals surface area contributed by atoms with Gasteiger partial charge in [0.05, 0.1) is 17.5 Å². The molecule has 2 N–H and O–H groups in total. The van der Waals surface area contributed by atoms with E-state index in [4.69, 9.17) is 0 Å². The first kappa shape index (κ1) is 18.7. The highest BCUT2D eigenvalue weighted by molar-refractivity contribution is 6.02. The number of carbonyl (C=O) groups excluding carboxylic acids is 1. The molecule has 2 aromatic rings. The maximum absolute atomic E-state index is 13.9. The summed E-state index contributed by atoms with van der Waals surface area (Å²) < 4.78 is 40.3. The quantitative estimate of drug-likeness (QED) is 0.594. The molecule has 0 saturated carbocycles. The maximum Gasteiger partial charge on any atom is 0.308 e.